The smallest absolute Gasteiger partial charge is 0.369 e. The number of benzene rings is 1. The molecule has 19 heavy (non-hydrogen) atoms. The second-order valence-corrected chi connectivity index (χ2v) is 4.86. The predicted molar refractivity (Wildman–Crippen MR) is 73.5 cm³/mol. The highest BCUT2D eigenvalue weighted by Crippen LogP contribution is 2.20. The Morgan fingerprint density at radius 3 is 2.68 bits per heavy atom. The molecule has 98 valence electrons. The first-order valence-electron chi connectivity index (χ1n) is 6.63. The molecule has 0 aliphatic carbocycles. The number of hydrogen-bond donors (Lipinski definition) is 0. The van der Waals surface area contributed by atoms with Crippen LogP contribution in [0.4, 0.5) is 0 Å². The second kappa shape index (κ2) is 5.19. The molecule has 1 fully saturated rings. The molecule has 0 unspecified atom stereocenters. The van der Waals surface area contributed by atoms with E-state index in [4.69, 9.17) is 9.31 Å². The standard InChI is InChI=1S/C14H18BN2O2/c1-12-6-3-4-7-13(12)14-16(2)8-9-17(14)15-18-10-5-11-19-15/h3-4,6-9H,5,10-11H2,1-2H3/q+1. The van der Waals surface area contributed by atoms with Gasteiger partial charge in [0.05, 0.1) is 12.6 Å². The Morgan fingerprint density at radius 2 is 1.95 bits per heavy atom. The zero-order chi connectivity index (χ0) is 13.2. The molecule has 0 bridgehead atoms. The third kappa shape index (κ3) is 2.31. The third-order valence-corrected chi connectivity index (χ3v) is 3.45. The van der Waals surface area contributed by atoms with Crippen molar-refractivity contribution in [1.29, 1.82) is 0 Å². The van der Waals surface area contributed by atoms with Crippen LogP contribution >= 0.6 is 0 Å². The minimum absolute atomic E-state index is 0.315. The minimum atomic E-state index is -0.315. The molecule has 3 rings (SSSR count). The van der Waals surface area contributed by atoms with E-state index in [2.05, 4.69) is 40.2 Å². The summed E-state index contributed by atoms with van der Waals surface area (Å²) in [6.07, 6.45) is 5.00. The van der Waals surface area contributed by atoms with Crippen molar-refractivity contribution in [3.05, 3.63) is 42.2 Å². The van der Waals surface area contributed by atoms with Crippen LogP contribution in [0.5, 0.6) is 0 Å². The summed E-state index contributed by atoms with van der Waals surface area (Å²) < 4.78 is 15.6. The molecule has 4 nitrogen and oxygen atoms in total. The molecule has 1 aromatic carbocycles. The van der Waals surface area contributed by atoms with Crippen molar-refractivity contribution in [3.63, 3.8) is 0 Å². The van der Waals surface area contributed by atoms with Crippen molar-refractivity contribution in [2.75, 3.05) is 13.2 Å². The van der Waals surface area contributed by atoms with Crippen LogP contribution in [0.25, 0.3) is 11.4 Å². The minimum Gasteiger partial charge on any atom is -0.369 e. The van der Waals surface area contributed by atoms with Gasteiger partial charge < -0.3 is 9.31 Å². The lowest BCUT2D eigenvalue weighted by Crippen LogP contribution is -2.57. The first-order valence-corrected chi connectivity index (χ1v) is 6.63. The summed E-state index contributed by atoms with van der Waals surface area (Å²) in [6.45, 7) is 3.62. The number of rotatable bonds is 2. The summed E-state index contributed by atoms with van der Waals surface area (Å²) in [5.41, 5.74) is 2.45. The van der Waals surface area contributed by atoms with Crippen LogP contribution in [0.15, 0.2) is 36.7 Å². The van der Waals surface area contributed by atoms with Gasteiger partial charge in [-0.2, -0.15) is 0 Å². The highest BCUT2D eigenvalue weighted by atomic mass is 16.6. The highest BCUT2D eigenvalue weighted by Gasteiger charge is 2.37. The van der Waals surface area contributed by atoms with Crippen molar-refractivity contribution in [2.45, 2.75) is 13.3 Å². The Balaban J connectivity index is 2.06. The van der Waals surface area contributed by atoms with Crippen molar-refractivity contribution in [1.82, 2.24) is 4.57 Å². The summed E-state index contributed by atoms with van der Waals surface area (Å²) in [5.74, 6) is 1.10. The number of aryl methyl sites for hydroxylation is 2. The van der Waals surface area contributed by atoms with E-state index in [1.54, 1.807) is 0 Å². The van der Waals surface area contributed by atoms with Gasteiger partial charge in [0.2, 0.25) is 0 Å². The van der Waals surface area contributed by atoms with Gasteiger partial charge in [0.1, 0.15) is 12.4 Å². The van der Waals surface area contributed by atoms with Crippen LogP contribution in [0, 0.1) is 6.92 Å². The number of nitrogens with zero attached hydrogens (tertiary/aromatic N) is 2. The SMILES string of the molecule is Cc1ccccc1-c1n(C)cc[n+]1B1OCCCO1. The maximum atomic E-state index is 5.71. The summed E-state index contributed by atoms with van der Waals surface area (Å²) in [4.78, 5) is 0. The van der Waals surface area contributed by atoms with Crippen molar-refractivity contribution >= 4 is 7.25 Å². The molecular formula is C14H18BN2O2+. The van der Waals surface area contributed by atoms with Gasteiger partial charge in [-0.25, -0.2) is 9.05 Å². The lowest BCUT2D eigenvalue weighted by molar-refractivity contribution is -0.555. The molecule has 1 aromatic heterocycles. The van der Waals surface area contributed by atoms with Gasteiger partial charge in [0.25, 0.3) is 5.82 Å². The molecule has 0 amide bonds. The van der Waals surface area contributed by atoms with Crippen LogP contribution in [-0.4, -0.2) is 25.0 Å². The van der Waals surface area contributed by atoms with Gasteiger partial charge in [0.15, 0.2) is 0 Å². The van der Waals surface area contributed by atoms with Crippen LogP contribution < -0.4 is 4.48 Å². The molecular weight excluding hydrogens is 239 g/mol. The molecule has 1 aliphatic heterocycles. The first kappa shape index (κ1) is 12.4. The Morgan fingerprint density at radius 1 is 1.21 bits per heavy atom. The van der Waals surface area contributed by atoms with E-state index in [9.17, 15) is 0 Å². The molecule has 0 spiro atoms. The van der Waals surface area contributed by atoms with E-state index in [0.29, 0.717) is 0 Å². The molecule has 1 aliphatic rings. The molecule has 0 atom stereocenters. The molecule has 0 saturated carbocycles. The maximum absolute atomic E-state index is 5.71. The zero-order valence-corrected chi connectivity index (χ0v) is 11.4. The fourth-order valence-electron chi connectivity index (χ4n) is 2.45. The summed E-state index contributed by atoms with van der Waals surface area (Å²) >= 11 is 0. The Kier molecular flexibility index (Phi) is 3.40. The molecule has 2 aromatic rings. The van der Waals surface area contributed by atoms with E-state index in [-0.39, 0.29) is 7.25 Å². The van der Waals surface area contributed by atoms with Crippen molar-refractivity contribution in [2.24, 2.45) is 7.05 Å². The fourth-order valence-corrected chi connectivity index (χ4v) is 2.45. The van der Waals surface area contributed by atoms with Gasteiger partial charge in [-0.1, -0.05) is 18.2 Å². The van der Waals surface area contributed by atoms with E-state index < -0.39 is 0 Å². The molecule has 2 heterocycles. The topological polar surface area (TPSA) is 27.3 Å². The van der Waals surface area contributed by atoms with Crippen LogP contribution in [0.1, 0.15) is 12.0 Å². The lowest BCUT2D eigenvalue weighted by Gasteiger charge is -2.17. The monoisotopic (exact) mass is 257 g/mol. The third-order valence-electron chi connectivity index (χ3n) is 3.45. The number of hydrogen-bond acceptors (Lipinski definition) is 2. The van der Waals surface area contributed by atoms with Crippen LogP contribution in [0.2, 0.25) is 0 Å². The second-order valence-electron chi connectivity index (χ2n) is 4.86. The van der Waals surface area contributed by atoms with Gasteiger partial charge in [-0.15, -0.1) is 0 Å². The largest absolute Gasteiger partial charge is 0.726 e. The summed E-state index contributed by atoms with van der Waals surface area (Å²) in [5, 5.41) is 0. The number of aromatic nitrogens is 2. The number of imidazole rings is 1. The zero-order valence-electron chi connectivity index (χ0n) is 11.4. The van der Waals surface area contributed by atoms with E-state index in [0.717, 1.165) is 25.5 Å². The lowest BCUT2D eigenvalue weighted by atomic mass is 10.0. The van der Waals surface area contributed by atoms with Crippen molar-refractivity contribution in [3.8, 4) is 11.4 Å². The quantitative estimate of drug-likeness (QED) is 0.763. The van der Waals surface area contributed by atoms with Gasteiger partial charge in [-0.05, 0) is 25.0 Å². The predicted octanol–water partition coefficient (Wildman–Crippen LogP) is 1.56. The summed E-state index contributed by atoms with van der Waals surface area (Å²) in [7, 11) is 1.73. The molecule has 1 saturated heterocycles. The summed E-state index contributed by atoms with van der Waals surface area (Å²) in [6, 6.07) is 8.36. The van der Waals surface area contributed by atoms with Crippen LogP contribution in [-0.2, 0) is 16.4 Å². The molecule has 0 N–H and O–H groups in total. The van der Waals surface area contributed by atoms with Crippen molar-refractivity contribution < 1.29 is 13.8 Å². The normalized spacial score (nSPS) is 15.8. The van der Waals surface area contributed by atoms with Gasteiger partial charge in [0, 0.05) is 13.2 Å². The Hall–Kier alpha value is -1.59. The maximum Gasteiger partial charge on any atom is 0.726 e. The Labute approximate surface area is 113 Å². The molecule has 5 heteroatoms. The van der Waals surface area contributed by atoms with Gasteiger partial charge >= 0.3 is 7.25 Å². The van der Waals surface area contributed by atoms with E-state index >= 15 is 0 Å². The molecule has 0 radical (unpaired) electrons. The van der Waals surface area contributed by atoms with Crippen LogP contribution in [0.3, 0.4) is 0 Å². The van der Waals surface area contributed by atoms with E-state index in [1.165, 1.54) is 11.1 Å². The average Bonchev–Trinajstić information content (AvgIpc) is 2.82. The van der Waals surface area contributed by atoms with E-state index in [1.807, 2.05) is 19.4 Å². The highest BCUT2D eigenvalue weighted by molar-refractivity contribution is 6.34. The van der Waals surface area contributed by atoms with Gasteiger partial charge in [-0.3, -0.25) is 0 Å². The Bertz CT molecular complexity index is 577. The average molecular weight is 257 g/mol. The first-order chi connectivity index (χ1) is 9.27. The fraction of sp³-hybridized carbons (Fsp3) is 0.357.